The highest BCUT2D eigenvalue weighted by Crippen LogP contribution is 2.26. The zero-order valence-corrected chi connectivity index (χ0v) is 10.3. The SMILES string of the molecule is Cc1cccc(C2=N[C@@H](C(C)(C)C)CO2)n1. The van der Waals surface area contributed by atoms with E-state index in [1.54, 1.807) is 0 Å². The van der Waals surface area contributed by atoms with Crippen LogP contribution in [0.4, 0.5) is 0 Å². The first-order valence-corrected chi connectivity index (χ1v) is 5.61. The van der Waals surface area contributed by atoms with E-state index in [2.05, 4.69) is 30.7 Å². The zero-order chi connectivity index (χ0) is 11.8. The van der Waals surface area contributed by atoms with Gasteiger partial charge in [0.25, 0.3) is 0 Å². The van der Waals surface area contributed by atoms with Crippen LogP contribution >= 0.6 is 0 Å². The molecule has 3 heteroatoms. The van der Waals surface area contributed by atoms with Crippen molar-refractivity contribution in [1.82, 2.24) is 4.98 Å². The molecule has 0 N–H and O–H groups in total. The minimum absolute atomic E-state index is 0.144. The van der Waals surface area contributed by atoms with Crippen LogP contribution in [0.5, 0.6) is 0 Å². The molecule has 2 rings (SSSR count). The fraction of sp³-hybridized carbons (Fsp3) is 0.538. The van der Waals surface area contributed by atoms with Gasteiger partial charge < -0.3 is 4.74 Å². The molecule has 0 spiro atoms. The van der Waals surface area contributed by atoms with Crippen LogP contribution in [0, 0.1) is 12.3 Å². The number of aromatic nitrogens is 1. The van der Waals surface area contributed by atoms with E-state index in [1.807, 2.05) is 25.1 Å². The number of ether oxygens (including phenoxy) is 1. The first kappa shape index (κ1) is 11.1. The summed E-state index contributed by atoms with van der Waals surface area (Å²) in [4.78, 5) is 9.02. The van der Waals surface area contributed by atoms with Gasteiger partial charge >= 0.3 is 0 Å². The summed E-state index contributed by atoms with van der Waals surface area (Å²) in [6, 6.07) is 6.12. The summed E-state index contributed by atoms with van der Waals surface area (Å²) in [5.41, 5.74) is 1.97. The van der Waals surface area contributed by atoms with E-state index in [0.29, 0.717) is 12.5 Å². The van der Waals surface area contributed by atoms with E-state index in [0.717, 1.165) is 11.4 Å². The summed E-state index contributed by atoms with van der Waals surface area (Å²) in [5.74, 6) is 0.684. The van der Waals surface area contributed by atoms with Crippen molar-refractivity contribution >= 4 is 5.90 Å². The second-order valence-corrected chi connectivity index (χ2v) is 5.29. The Morgan fingerprint density at radius 1 is 1.31 bits per heavy atom. The predicted molar refractivity (Wildman–Crippen MR) is 64.7 cm³/mol. The lowest BCUT2D eigenvalue weighted by molar-refractivity contribution is 0.235. The van der Waals surface area contributed by atoms with Gasteiger partial charge in [-0.2, -0.15) is 0 Å². The van der Waals surface area contributed by atoms with Crippen molar-refractivity contribution in [2.24, 2.45) is 10.4 Å². The third-order valence-electron chi connectivity index (χ3n) is 2.76. The molecule has 1 aromatic heterocycles. The fourth-order valence-corrected chi connectivity index (χ4v) is 1.62. The second-order valence-electron chi connectivity index (χ2n) is 5.29. The zero-order valence-electron chi connectivity index (χ0n) is 10.3. The van der Waals surface area contributed by atoms with Crippen LogP contribution < -0.4 is 0 Å². The smallest absolute Gasteiger partial charge is 0.235 e. The number of nitrogens with zero attached hydrogens (tertiary/aromatic N) is 2. The highest BCUT2D eigenvalue weighted by Gasteiger charge is 2.30. The average molecular weight is 218 g/mol. The Morgan fingerprint density at radius 2 is 2.06 bits per heavy atom. The number of hydrogen-bond donors (Lipinski definition) is 0. The molecule has 2 heterocycles. The molecular weight excluding hydrogens is 200 g/mol. The second kappa shape index (κ2) is 3.89. The van der Waals surface area contributed by atoms with Crippen LogP contribution in [0.2, 0.25) is 0 Å². The van der Waals surface area contributed by atoms with Crippen molar-refractivity contribution < 1.29 is 4.74 Å². The monoisotopic (exact) mass is 218 g/mol. The van der Waals surface area contributed by atoms with Gasteiger partial charge in [0.1, 0.15) is 12.3 Å². The van der Waals surface area contributed by atoms with Gasteiger partial charge in [-0.25, -0.2) is 9.98 Å². The first-order chi connectivity index (χ1) is 7.47. The molecule has 1 atom stereocenters. The molecule has 1 aliphatic rings. The van der Waals surface area contributed by atoms with Gasteiger partial charge in [-0.3, -0.25) is 0 Å². The molecule has 0 aliphatic carbocycles. The number of rotatable bonds is 1. The minimum atomic E-state index is 0.144. The molecule has 0 aromatic carbocycles. The highest BCUT2D eigenvalue weighted by molar-refractivity contribution is 5.93. The lowest BCUT2D eigenvalue weighted by atomic mass is 9.88. The van der Waals surface area contributed by atoms with E-state index in [-0.39, 0.29) is 11.5 Å². The fourth-order valence-electron chi connectivity index (χ4n) is 1.62. The summed E-state index contributed by atoms with van der Waals surface area (Å²) in [5, 5.41) is 0. The Kier molecular flexibility index (Phi) is 2.70. The third-order valence-corrected chi connectivity index (χ3v) is 2.76. The molecule has 1 aliphatic heterocycles. The molecule has 1 aromatic rings. The van der Waals surface area contributed by atoms with Crippen molar-refractivity contribution in [2.75, 3.05) is 6.61 Å². The molecule has 3 nitrogen and oxygen atoms in total. The van der Waals surface area contributed by atoms with E-state index < -0.39 is 0 Å². The molecule has 0 fully saturated rings. The van der Waals surface area contributed by atoms with Crippen molar-refractivity contribution in [2.45, 2.75) is 33.7 Å². The summed E-state index contributed by atoms with van der Waals surface area (Å²) in [7, 11) is 0. The lowest BCUT2D eigenvalue weighted by Gasteiger charge is -2.21. The molecule has 0 saturated carbocycles. The van der Waals surface area contributed by atoms with Crippen molar-refractivity contribution in [3.05, 3.63) is 29.6 Å². The van der Waals surface area contributed by atoms with Gasteiger partial charge in [-0.05, 0) is 24.5 Å². The minimum Gasteiger partial charge on any atom is -0.474 e. The van der Waals surface area contributed by atoms with Crippen LogP contribution in [-0.2, 0) is 4.74 Å². The van der Waals surface area contributed by atoms with Crippen LogP contribution in [0.3, 0.4) is 0 Å². The van der Waals surface area contributed by atoms with Gasteiger partial charge in [0, 0.05) is 5.69 Å². The maximum absolute atomic E-state index is 5.62. The number of pyridine rings is 1. The first-order valence-electron chi connectivity index (χ1n) is 5.61. The topological polar surface area (TPSA) is 34.5 Å². The standard InChI is InChI=1S/C13H18N2O/c1-9-6-5-7-10(14-9)12-15-11(8-16-12)13(2,3)4/h5-7,11H,8H2,1-4H3/t11-/m1/s1. The van der Waals surface area contributed by atoms with Crippen LogP contribution in [0.15, 0.2) is 23.2 Å². The van der Waals surface area contributed by atoms with Crippen LogP contribution in [0.1, 0.15) is 32.2 Å². The summed E-state index contributed by atoms with van der Waals surface area (Å²) in [6.07, 6.45) is 0. The maximum Gasteiger partial charge on any atom is 0.235 e. The Bertz CT molecular complexity index is 418. The summed E-state index contributed by atoms with van der Waals surface area (Å²) in [6.45, 7) is 9.17. The quantitative estimate of drug-likeness (QED) is 0.726. The van der Waals surface area contributed by atoms with E-state index in [1.165, 1.54) is 0 Å². The van der Waals surface area contributed by atoms with E-state index in [4.69, 9.17) is 4.74 Å². The molecule has 0 radical (unpaired) electrons. The summed E-state index contributed by atoms with van der Waals surface area (Å²) < 4.78 is 5.62. The van der Waals surface area contributed by atoms with E-state index >= 15 is 0 Å². The Labute approximate surface area is 96.6 Å². The Morgan fingerprint density at radius 3 is 2.62 bits per heavy atom. The van der Waals surface area contributed by atoms with Gasteiger partial charge in [-0.1, -0.05) is 26.8 Å². The molecule has 0 saturated heterocycles. The van der Waals surface area contributed by atoms with Crippen molar-refractivity contribution in [3.8, 4) is 0 Å². The van der Waals surface area contributed by atoms with Gasteiger partial charge in [0.05, 0.1) is 6.04 Å². The van der Waals surface area contributed by atoms with Crippen molar-refractivity contribution in [3.63, 3.8) is 0 Å². The molecule has 0 unspecified atom stereocenters. The third kappa shape index (κ3) is 2.23. The predicted octanol–water partition coefficient (Wildman–Crippen LogP) is 2.58. The van der Waals surface area contributed by atoms with Crippen LogP contribution in [0.25, 0.3) is 0 Å². The molecule has 0 amide bonds. The normalized spacial score (nSPS) is 20.5. The Hall–Kier alpha value is -1.38. The van der Waals surface area contributed by atoms with E-state index in [9.17, 15) is 0 Å². The Balaban J connectivity index is 2.25. The molecule has 0 bridgehead atoms. The van der Waals surface area contributed by atoms with Gasteiger partial charge in [0.15, 0.2) is 0 Å². The largest absolute Gasteiger partial charge is 0.474 e. The lowest BCUT2D eigenvalue weighted by Crippen LogP contribution is -2.25. The van der Waals surface area contributed by atoms with Crippen molar-refractivity contribution in [1.29, 1.82) is 0 Å². The van der Waals surface area contributed by atoms with Gasteiger partial charge in [0.2, 0.25) is 5.90 Å². The number of hydrogen-bond acceptors (Lipinski definition) is 3. The van der Waals surface area contributed by atoms with Crippen LogP contribution in [-0.4, -0.2) is 23.5 Å². The maximum atomic E-state index is 5.62. The average Bonchev–Trinajstić information content (AvgIpc) is 2.65. The number of aryl methyl sites for hydroxylation is 1. The summed E-state index contributed by atoms with van der Waals surface area (Å²) >= 11 is 0. The van der Waals surface area contributed by atoms with Gasteiger partial charge in [-0.15, -0.1) is 0 Å². The highest BCUT2D eigenvalue weighted by atomic mass is 16.5. The number of aliphatic imine (C=N–C) groups is 1. The molecule has 86 valence electrons. The molecular formula is C13H18N2O. The molecule has 16 heavy (non-hydrogen) atoms.